The fraction of sp³-hybridized carbons (Fsp3) is 0.531. The van der Waals surface area contributed by atoms with E-state index in [0.29, 0.717) is 5.92 Å². The van der Waals surface area contributed by atoms with Gasteiger partial charge in [0.15, 0.2) is 0 Å². The first-order valence-corrected chi connectivity index (χ1v) is 13.8. The summed E-state index contributed by atoms with van der Waals surface area (Å²) < 4.78 is 2.37. The van der Waals surface area contributed by atoms with Gasteiger partial charge in [-0.2, -0.15) is 0 Å². The fourth-order valence-electron chi connectivity index (χ4n) is 5.56. The van der Waals surface area contributed by atoms with E-state index in [1.165, 1.54) is 81.2 Å². The first-order valence-electron chi connectivity index (χ1n) is 13.8. The van der Waals surface area contributed by atoms with Crippen molar-refractivity contribution in [3.8, 4) is 0 Å². The van der Waals surface area contributed by atoms with Gasteiger partial charge in [-0.25, -0.2) is 4.98 Å². The van der Waals surface area contributed by atoms with Crippen molar-refractivity contribution in [2.24, 2.45) is 0 Å². The SMILES string of the molecule is CCCCCCCCCCCC(c1nccn1CC)C(C)(Cc1ccccc1)c1ccccc1. The molecule has 0 aliphatic rings. The summed E-state index contributed by atoms with van der Waals surface area (Å²) in [6.07, 6.45) is 18.7. The van der Waals surface area contributed by atoms with E-state index >= 15 is 0 Å². The average Bonchev–Trinajstić information content (AvgIpc) is 3.34. The molecule has 184 valence electrons. The number of nitrogens with zero attached hydrogens (tertiary/aromatic N) is 2. The molecule has 0 saturated carbocycles. The molecular weight excluding hydrogens is 412 g/mol. The zero-order chi connectivity index (χ0) is 24.1. The molecule has 2 heteroatoms. The molecule has 2 unspecified atom stereocenters. The molecular formula is C32H46N2. The van der Waals surface area contributed by atoms with E-state index in [1.54, 1.807) is 0 Å². The van der Waals surface area contributed by atoms with Gasteiger partial charge in [0.1, 0.15) is 5.82 Å². The summed E-state index contributed by atoms with van der Waals surface area (Å²) in [5, 5.41) is 0. The van der Waals surface area contributed by atoms with Crippen molar-refractivity contribution < 1.29 is 0 Å². The zero-order valence-electron chi connectivity index (χ0n) is 21.9. The van der Waals surface area contributed by atoms with Crippen LogP contribution in [0.3, 0.4) is 0 Å². The molecule has 0 N–H and O–H groups in total. The van der Waals surface area contributed by atoms with E-state index in [-0.39, 0.29) is 5.41 Å². The van der Waals surface area contributed by atoms with Crippen LogP contribution in [0.2, 0.25) is 0 Å². The van der Waals surface area contributed by atoms with Gasteiger partial charge in [0.25, 0.3) is 0 Å². The van der Waals surface area contributed by atoms with Crippen LogP contribution in [0.1, 0.15) is 108 Å². The molecule has 1 aromatic heterocycles. The Morgan fingerprint density at radius 1 is 0.765 bits per heavy atom. The molecule has 2 atom stereocenters. The van der Waals surface area contributed by atoms with Crippen LogP contribution in [0.15, 0.2) is 73.1 Å². The highest BCUT2D eigenvalue weighted by Gasteiger charge is 2.39. The summed E-state index contributed by atoms with van der Waals surface area (Å²) in [5.74, 6) is 1.64. The molecule has 0 fully saturated rings. The molecule has 0 bridgehead atoms. The topological polar surface area (TPSA) is 17.8 Å². The van der Waals surface area contributed by atoms with E-state index in [4.69, 9.17) is 4.98 Å². The molecule has 0 amide bonds. The molecule has 0 radical (unpaired) electrons. The van der Waals surface area contributed by atoms with Crippen molar-refractivity contribution in [3.05, 3.63) is 90.0 Å². The van der Waals surface area contributed by atoms with Crippen LogP contribution >= 0.6 is 0 Å². The van der Waals surface area contributed by atoms with Gasteiger partial charge in [0, 0.05) is 30.3 Å². The number of unbranched alkanes of at least 4 members (excludes halogenated alkanes) is 8. The monoisotopic (exact) mass is 458 g/mol. The lowest BCUT2D eigenvalue weighted by Crippen LogP contribution is -2.35. The summed E-state index contributed by atoms with van der Waals surface area (Å²) >= 11 is 0. The van der Waals surface area contributed by atoms with Gasteiger partial charge in [-0.05, 0) is 30.9 Å². The van der Waals surface area contributed by atoms with E-state index in [0.717, 1.165) is 13.0 Å². The first-order chi connectivity index (χ1) is 16.7. The number of hydrogen-bond acceptors (Lipinski definition) is 1. The normalized spacial score (nSPS) is 14.1. The van der Waals surface area contributed by atoms with E-state index in [9.17, 15) is 0 Å². The molecule has 2 aromatic carbocycles. The van der Waals surface area contributed by atoms with Crippen molar-refractivity contribution >= 4 is 0 Å². The summed E-state index contributed by atoms with van der Waals surface area (Å²) in [6, 6.07) is 22.2. The second kappa shape index (κ2) is 14.1. The predicted octanol–water partition coefficient (Wildman–Crippen LogP) is 9.11. The standard InChI is InChI=1S/C32H46N2/c1-4-6-7-8-9-10-11-12-19-24-30(31-33-25-26-34(31)5-2)32(3,29-22-17-14-18-23-29)27-28-20-15-13-16-21-28/h13-18,20-23,25-26,30H,4-12,19,24,27H2,1-3H3. The second-order valence-corrected chi connectivity index (χ2v) is 10.2. The summed E-state index contributed by atoms with van der Waals surface area (Å²) in [4.78, 5) is 4.94. The van der Waals surface area contributed by atoms with E-state index in [2.05, 4.69) is 92.2 Å². The lowest BCUT2D eigenvalue weighted by atomic mass is 9.66. The maximum atomic E-state index is 4.94. The van der Waals surface area contributed by atoms with Crippen LogP contribution in [0.5, 0.6) is 0 Å². The Morgan fingerprint density at radius 3 is 1.97 bits per heavy atom. The van der Waals surface area contributed by atoms with Crippen molar-refractivity contribution in [1.82, 2.24) is 9.55 Å². The highest BCUT2D eigenvalue weighted by molar-refractivity contribution is 5.33. The molecule has 0 spiro atoms. The van der Waals surface area contributed by atoms with Gasteiger partial charge in [-0.15, -0.1) is 0 Å². The third-order valence-corrected chi connectivity index (χ3v) is 7.61. The summed E-state index contributed by atoms with van der Waals surface area (Å²) in [6.45, 7) is 7.97. The second-order valence-electron chi connectivity index (χ2n) is 10.2. The Kier molecular flexibility index (Phi) is 10.9. The Morgan fingerprint density at radius 2 is 1.35 bits per heavy atom. The molecule has 0 saturated heterocycles. The minimum Gasteiger partial charge on any atom is -0.335 e. The molecule has 3 rings (SSSR count). The summed E-state index contributed by atoms with van der Waals surface area (Å²) in [7, 11) is 0. The number of aryl methyl sites for hydroxylation is 1. The van der Waals surface area contributed by atoms with Crippen LogP contribution in [0.25, 0.3) is 0 Å². The van der Waals surface area contributed by atoms with Crippen molar-refractivity contribution in [1.29, 1.82) is 0 Å². The van der Waals surface area contributed by atoms with Gasteiger partial charge >= 0.3 is 0 Å². The van der Waals surface area contributed by atoms with E-state index in [1.807, 2.05) is 6.20 Å². The molecule has 1 heterocycles. The Hall–Kier alpha value is -2.35. The smallest absolute Gasteiger partial charge is 0.112 e. The lowest BCUT2D eigenvalue weighted by Gasteiger charge is -2.39. The number of imidazole rings is 1. The average molecular weight is 459 g/mol. The Balaban J connectivity index is 1.78. The van der Waals surface area contributed by atoms with Crippen LogP contribution in [-0.2, 0) is 18.4 Å². The number of hydrogen-bond donors (Lipinski definition) is 0. The fourth-order valence-corrected chi connectivity index (χ4v) is 5.56. The highest BCUT2D eigenvalue weighted by atomic mass is 15.1. The van der Waals surface area contributed by atoms with Gasteiger partial charge in [-0.3, -0.25) is 0 Å². The van der Waals surface area contributed by atoms with Crippen LogP contribution in [0.4, 0.5) is 0 Å². The highest BCUT2D eigenvalue weighted by Crippen LogP contribution is 2.44. The van der Waals surface area contributed by atoms with Crippen LogP contribution in [0, 0.1) is 0 Å². The predicted molar refractivity (Wildman–Crippen MR) is 146 cm³/mol. The molecule has 2 nitrogen and oxygen atoms in total. The maximum absolute atomic E-state index is 4.94. The van der Waals surface area contributed by atoms with Gasteiger partial charge in [-0.1, -0.05) is 132 Å². The first kappa shape index (κ1) is 26.3. The number of benzene rings is 2. The van der Waals surface area contributed by atoms with Gasteiger partial charge < -0.3 is 4.57 Å². The van der Waals surface area contributed by atoms with Crippen LogP contribution < -0.4 is 0 Å². The summed E-state index contributed by atoms with van der Waals surface area (Å²) in [5.41, 5.74) is 2.81. The van der Waals surface area contributed by atoms with E-state index < -0.39 is 0 Å². The largest absolute Gasteiger partial charge is 0.335 e. The van der Waals surface area contributed by atoms with Crippen molar-refractivity contribution in [2.75, 3.05) is 0 Å². The van der Waals surface area contributed by atoms with Gasteiger partial charge in [0.05, 0.1) is 0 Å². The maximum Gasteiger partial charge on any atom is 0.112 e. The quantitative estimate of drug-likeness (QED) is 0.196. The number of rotatable bonds is 16. The third-order valence-electron chi connectivity index (χ3n) is 7.61. The lowest BCUT2D eigenvalue weighted by molar-refractivity contribution is 0.323. The third kappa shape index (κ3) is 7.32. The minimum absolute atomic E-state index is 0.0129. The number of aromatic nitrogens is 2. The zero-order valence-corrected chi connectivity index (χ0v) is 21.9. The van der Waals surface area contributed by atoms with Gasteiger partial charge in [0.2, 0.25) is 0 Å². The molecule has 3 aromatic rings. The Bertz CT molecular complexity index is 914. The minimum atomic E-state index is -0.0129. The van der Waals surface area contributed by atoms with Crippen LogP contribution in [-0.4, -0.2) is 9.55 Å². The van der Waals surface area contributed by atoms with Crippen molar-refractivity contribution in [3.63, 3.8) is 0 Å². The molecule has 0 aliphatic heterocycles. The molecule has 0 aliphatic carbocycles. The molecule has 34 heavy (non-hydrogen) atoms. The van der Waals surface area contributed by atoms with Crippen molar-refractivity contribution in [2.45, 2.75) is 109 Å². The Labute approximate surface area is 208 Å².